The van der Waals surface area contributed by atoms with Gasteiger partial charge in [0.15, 0.2) is 11.2 Å². The fourth-order valence-corrected chi connectivity index (χ4v) is 2.92. The fraction of sp³-hybridized carbons (Fsp3) is 0.333. The molecule has 9 nitrogen and oxygen atoms in total. The van der Waals surface area contributed by atoms with E-state index in [1.54, 1.807) is 17.7 Å². The third kappa shape index (κ3) is 3.35. The zero-order valence-corrected chi connectivity index (χ0v) is 15.6. The number of rotatable bonds is 5. The van der Waals surface area contributed by atoms with Crippen molar-refractivity contribution >= 4 is 22.8 Å². The van der Waals surface area contributed by atoms with Crippen LogP contribution in [-0.2, 0) is 25.4 Å². The summed E-state index contributed by atoms with van der Waals surface area (Å²) in [5, 5.41) is 2.82. The van der Waals surface area contributed by atoms with Gasteiger partial charge in [-0.2, -0.15) is 0 Å². The first-order valence-electron chi connectivity index (χ1n) is 8.39. The van der Waals surface area contributed by atoms with E-state index < -0.39 is 11.2 Å². The van der Waals surface area contributed by atoms with Crippen LogP contribution >= 0.6 is 0 Å². The van der Waals surface area contributed by atoms with E-state index >= 15 is 0 Å². The molecule has 0 saturated heterocycles. The molecule has 0 atom stereocenters. The van der Waals surface area contributed by atoms with E-state index in [9.17, 15) is 14.4 Å². The largest absolute Gasteiger partial charge is 0.495 e. The van der Waals surface area contributed by atoms with Crippen LogP contribution in [0.2, 0.25) is 0 Å². The Morgan fingerprint density at radius 2 is 1.96 bits per heavy atom. The SMILES string of the molecule is COc1ccc(C)cc1NC(=O)CCn1cnc2c1c(=O)n(C)c(=O)n2C. The van der Waals surface area contributed by atoms with Gasteiger partial charge in [-0.3, -0.25) is 18.7 Å². The van der Waals surface area contributed by atoms with Crippen molar-refractivity contribution < 1.29 is 9.53 Å². The van der Waals surface area contributed by atoms with Crippen LogP contribution in [0.1, 0.15) is 12.0 Å². The molecular weight excluding hydrogens is 350 g/mol. The topological polar surface area (TPSA) is 100 Å². The van der Waals surface area contributed by atoms with Gasteiger partial charge in [0.25, 0.3) is 5.56 Å². The van der Waals surface area contributed by atoms with Crippen LogP contribution in [0.5, 0.6) is 5.75 Å². The van der Waals surface area contributed by atoms with Gasteiger partial charge < -0.3 is 14.6 Å². The quantitative estimate of drug-likeness (QED) is 0.714. The lowest BCUT2D eigenvalue weighted by atomic mass is 10.2. The van der Waals surface area contributed by atoms with Crippen LogP contribution in [0, 0.1) is 6.92 Å². The van der Waals surface area contributed by atoms with Crippen molar-refractivity contribution in [3.05, 3.63) is 50.9 Å². The lowest BCUT2D eigenvalue weighted by molar-refractivity contribution is -0.116. The van der Waals surface area contributed by atoms with Crippen molar-refractivity contribution in [3.63, 3.8) is 0 Å². The predicted molar refractivity (Wildman–Crippen MR) is 101 cm³/mol. The molecule has 27 heavy (non-hydrogen) atoms. The average molecular weight is 371 g/mol. The van der Waals surface area contributed by atoms with Crippen LogP contribution in [-0.4, -0.2) is 31.7 Å². The molecule has 0 radical (unpaired) electrons. The first kappa shape index (κ1) is 18.4. The minimum atomic E-state index is -0.443. The van der Waals surface area contributed by atoms with Gasteiger partial charge in [0.05, 0.1) is 19.1 Å². The Morgan fingerprint density at radius 3 is 2.67 bits per heavy atom. The molecular formula is C18H21N5O4. The van der Waals surface area contributed by atoms with Crippen molar-refractivity contribution in [2.24, 2.45) is 14.1 Å². The third-order valence-electron chi connectivity index (χ3n) is 4.43. The number of aromatic nitrogens is 4. The molecule has 3 rings (SSSR count). The summed E-state index contributed by atoms with van der Waals surface area (Å²) in [5.74, 6) is 0.355. The van der Waals surface area contributed by atoms with Gasteiger partial charge in [0.1, 0.15) is 5.75 Å². The van der Waals surface area contributed by atoms with Crippen LogP contribution in [0.3, 0.4) is 0 Å². The molecule has 0 saturated carbocycles. The maximum absolute atomic E-state index is 12.4. The van der Waals surface area contributed by atoms with Crippen LogP contribution in [0.4, 0.5) is 5.69 Å². The van der Waals surface area contributed by atoms with Crippen LogP contribution < -0.4 is 21.3 Å². The van der Waals surface area contributed by atoms with E-state index in [1.807, 2.05) is 19.1 Å². The van der Waals surface area contributed by atoms with Crippen LogP contribution in [0.25, 0.3) is 11.2 Å². The Morgan fingerprint density at radius 1 is 1.22 bits per heavy atom. The number of carbonyl (C=O) groups is 1. The summed E-state index contributed by atoms with van der Waals surface area (Å²) < 4.78 is 9.18. The Hall–Kier alpha value is -3.36. The van der Waals surface area contributed by atoms with E-state index in [4.69, 9.17) is 4.74 Å². The van der Waals surface area contributed by atoms with Gasteiger partial charge in [-0.1, -0.05) is 6.07 Å². The number of benzene rings is 1. The number of nitrogens with zero attached hydrogens (tertiary/aromatic N) is 4. The molecule has 0 aliphatic carbocycles. The summed E-state index contributed by atoms with van der Waals surface area (Å²) in [6.45, 7) is 2.18. The molecule has 0 aliphatic rings. The Bertz CT molecular complexity index is 1140. The highest BCUT2D eigenvalue weighted by Crippen LogP contribution is 2.25. The van der Waals surface area contributed by atoms with Gasteiger partial charge in [-0.05, 0) is 24.6 Å². The third-order valence-corrected chi connectivity index (χ3v) is 4.43. The van der Waals surface area contributed by atoms with Gasteiger partial charge in [0, 0.05) is 27.1 Å². The number of carbonyl (C=O) groups excluding carboxylic acids is 1. The molecule has 3 aromatic rings. The first-order chi connectivity index (χ1) is 12.8. The van der Waals surface area contributed by atoms with Crippen LogP contribution in [0.15, 0.2) is 34.1 Å². The highest BCUT2D eigenvalue weighted by molar-refractivity contribution is 5.92. The number of hydrogen-bond acceptors (Lipinski definition) is 5. The second kappa shape index (κ2) is 7.10. The molecule has 1 amide bonds. The van der Waals surface area contributed by atoms with E-state index in [0.29, 0.717) is 22.6 Å². The van der Waals surface area contributed by atoms with E-state index in [2.05, 4.69) is 10.3 Å². The number of ether oxygens (including phenoxy) is 1. The van der Waals surface area contributed by atoms with Gasteiger partial charge in [-0.25, -0.2) is 9.78 Å². The predicted octanol–water partition coefficient (Wildman–Crippen LogP) is 0.780. The Kier molecular flexibility index (Phi) is 4.85. The van der Waals surface area contributed by atoms with Crippen molar-refractivity contribution in [2.75, 3.05) is 12.4 Å². The first-order valence-corrected chi connectivity index (χ1v) is 8.39. The monoisotopic (exact) mass is 371 g/mol. The summed E-state index contributed by atoms with van der Waals surface area (Å²) >= 11 is 0. The molecule has 0 bridgehead atoms. The van der Waals surface area contributed by atoms with E-state index in [1.165, 1.54) is 25.1 Å². The molecule has 2 heterocycles. The summed E-state index contributed by atoms with van der Waals surface area (Å²) in [4.78, 5) is 40.9. The summed E-state index contributed by atoms with van der Waals surface area (Å²) in [7, 11) is 4.51. The molecule has 9 heteroatoms. The van der Waals surface area contributed by atoms with Crippen molar-refractivity contribution in [1.82, 2.24) is 18.7 Å². The number of imidazole rings is 1. The van der Waals surface area contributed by atoms with Gasteiger partial charge in [0.2, 0.25) is 5.91 Å². The number of fused-ring (bicyclic) bond motifs is 1. The number of methoxy groups -OCH3 is 1. The smallest absolute Gasteiger partial charge is 0.332 e. The molecule has 0 aliphatic heterocycles. The lowest BCUT2D eigenvalue weighted by Crippen LogP contribution is -2.37. The molecule has 0 fully saturated rings. The number of aryl methyl sites for hydroxylation is 3. The molecule has 0 spiro atoms. The molecule has 1 aromatic carbocycles. The number of hydrogen-bond donors (Lipinski definition) is 1. The second-order valence-electron chi connectivity index (χ2n) is 6.32. The fourth-order valence-electron chi connectivity index (χ4n) is 2.92. The van der Waals surface area contributed by atoms with Crippen molar-refractivity contribution in [1.29, 1.82) is 0 Å². The number of amides is 1. The minimum absolute atomic E-state index is 0.133. The summed E-state index contributed by atoms with van der Waals surface area (Å²) in [6.07, 6.45) is 1.60. The highest BCUT2D eigenvalue weighted by atomic mass is 16.5. The molecule has 1 N–H and O–H groups in total. The van der Waals surface area contributed by atoms with Gasteiger partial charge in [-0.15, -0.1) is 0 Å². The minimum Gasteiger partial charge on any atom is -0.495 e. The number of anilines is 1. The summed E-state index contributed by atoms with van der Waals surface area (Å²) in [5.41, 5.74) is 1.30. The van der Waals surface area contributed by atoms with E-state index in [0.717, 1.165) is 10.1 Å². The molecule has 2 aromatic heterocycles. The zero-order valence-electron chi connectivity index (χ0n) is 15.6. The standard InChI is InChI=1S/C18H21N5O4/c1-11-5-6-13(27-4)12(9-11)20-14(24)7-8-23-10-19-16-15(23)17(25)22(3)18(26)21(16)2/h5-6,9-10H,7-8H2,1-4H3,(H,20,24). The normalized spacial score (nSPS) is 11.0. The Labute approximate surface area is 154 Å². The maximum atomic E-state index is 12.4. The lowest BCUT2D eigenvalue weighted by Gasteiger charge is -2.11. The maximum Gasteiger partial charge on any atom is 0.332 e. The second-order valence-corrected chi connectivity index (χ2v) is 6.32. The average Bonchev–Trinajstić information content (AvgIpc) is 3.07. The highest BCUT2D eigenvalue weighted by Gasteiger charge is 2.15. The molecule has 142 valence electrons. The Balaban J connectivity index is 1.82. The molecule has 0 unspecified atom stereocenters. The number of nitrogens with one attached hydrogen (secondary N) is 1. The summed E-state index contributed by atoms with van der Waals surface area (Å²) in [6, 6.07) is 5.51. The van der Waals surface area contributed by atoms with Crippen molar-refractivity contribution in [2.45, 2.75) is 19.9 Å². The zero-order chi connectivity index (χ0) is 19.7. The van der Waals surface area contributed by atoms with E-state index in [-0.39, 0.29) is 18.9 Å². The van der Waals surface area contributed by atoms with Gasteiger partial charge >= 0.3 is 5.69 Å². The van der Waals surface area contributed by atoms with Crippen molar-refractivity contribution in [3.8, 4) is 5.75 Å².